The van der Waals surface area contributed by atoms with Crippen molar-refractivity contribution in [3.8, 4) is 5.75 Å². The van der Waals surface area contributed by atoms with Crippen molar-refractivity contribution in [3.05, 3.63) is 39.7 Å². The van der Waals surface area contributed by atoms with Crippen molar-refractivity contribution in [1.82, 2.24) is 0 Å². The summed E-state index contributed by atoms with van der Waals surface area (Å²) >= 11 is 0. The fourth-order valence-electron chi connectivity index (χ4n) is 3.22. The Morgan fingerprint density at radius 2 is 1.88 bits per heavy atom. The zero-order valence-electron chi connectivity index (χ0n) is 13.6. The van der Waals surface area contributed by atoms with E-state index in [1.54, 1.807) is 0 Å². The quantitative estimate of drug-likeness (QED) is 0.449. The molecule has 1 aliphatic carbocycles. The topological polar surface area (TPSA) is 56.5 Å². The van der Waals surface area contributed by atoms with E-state index >= 15 is 0 Å². The Kier molecular flexibility index (Phi) is 4.58. The van der Waals surface area contributed by atoms with Crippen LogP contribution in [0.5, 0.6) is 5.75 Å². The van der Waals surface area contributed by atoms with Gasteiger partial charge in [-0.05, 0) is 31.9 Å². The molecule has 4 nitrogen and oxygen atoms in total. The van der Waals surface area contributed by atoms with Gasteiger partial charge in [0, 0.05) is 17.0 Å². The number of alkyl halides is 3. The van der Waals surface area contributed by atoms with Crippen LogP contribution >= 0.6 is 0 Å². The third-order valence-corrected chi connectivity index (χ3v) is 4.57. The van der Waals surface area contributed by atoms with Crippen LogP contribution in [0.25, 0.3) is 11.0 Å². The zero-order chi connectivity index (χ0) is 18.2. The first kappa shape index (κ1) is 17.5. The van der Waals surface area contributed by atoms with Gasteiger partial charge < -0.3 is 9.15 Å². The van der Waals surface area contributed by atoms with Gasteiger partial charge in [-0.2, -0.15) is 13.2 Å². The molecule has 1 saturated carbocycles. The van der Waals surface area contributed by atoms with E-state index in [1.807, 2.05) is 0 Å². The van der Waals surface area contributed by atoms with Crippen LogP contribution in [0.15, 0.2) is 27.4 Å². The fourth-order valence-corrected chi connectivity index (χ4v) is 3.22. The Hall–Kier alpha value is -2.31. The fraction of sp³-hybridized carbons (Fsp3) is 0.444. The second-order valence-electron chi connectivity index (χ2n) is 6.30. The highest BCUT2D eigenvalue weighted by Crippen LogP contribution is 2.37. The largest absolute Gasteiger partial charge is 0.426 e. The average Bonchev–Trinajstić information content (AvgIpc) is 2.57. The summed E-state index contributed by atoms with van der Waals surface area (Å²) in [5.74, 6) is -0.473. The highest BCUT2D eigenvalue weighted by molar-refractivity contribution is 5.86. The summed E-state index contributed by atoms with van der Waals surface area (Å²) in [5.41, 5.74) is -2.18. The number of rotatable bonds is 2. The highest BCUT2D eigenvalue weighted by Gasteiger charge is 2.34. The maximum absolute atomic E-state index is 13.1. The van der Waals surface area contributed by atoms with Gasteiger partial charge in [-0.25, -0.2) is 4.79 Å². The SMILES string of the molecule is Cc1c(OC(=O)C2CCCCC2)ccc2c(C(F)(F)F)cc(=O)oc12. The Morgan fingerprint density at radius 3 is 2.52 bits per heavy atom. The van der Waals surface area contributed by atoms with Gasteiger partial charge in [0.05, 0.1) is 11.5 Å². The van der Waals surface area contributed by atoms with Crippen molar-refractivity contribution >= 4 is 16.9 Å². The number of ether oxygens (including phenoxy) is 1. The normalized spacial score (nSPS) is 16.2. The number of carbonyl (C=O) groups excluding carboxylic acids is 1. The number of hydrogen-bond donors (Lipinski definition) is 0. The molecule has 1 heterocycles. The zero-order valence-corrected chi connectivity index (χ0v) is 13.6. The molecule has 0 N–H and O–H groups in total. The van der Waals surface area contributed by atoms with Gasteiger partial charge in [-0.1, -0.05) is 19.3 Å². The van der Waals surface area contributed by atoms with Gasteiger partial charge in [-0.3, -0.25) is 4.79 Å². The maximum atomic E-state index is 13.1. The van der Waals surface area contributed by atoms with Gasteiger partial charge >= 0.3 is 17.8 Å². The molecule has 0 saturated heterocycles. The standard InChI is InChI=1S/C18H17F3O4/c1-10-14(24-17(23)11-5-3-2-4-6-11)8-7-12-13(18(19,20)21)9-15(22)25-16(10)12/h7-9,11H,2-6H2,1H3. The van der Waals surface area contributed by atoms with Crippen LogP contribution in [0.2, 0.25) is 0 Å². The first-order chi connectivity index (χ1) is 11.8. The summed E-state index contributed by atoms with van der Waals surface area (Å²) in [4.78, 5) is 23.8. The van der Waals surface area contributed by atoms with Crippen molar-refractivity contribution in [1.29, 1.82) is 0 Å². The molecule has 0 spiro atoms. The Labute approximate surface area is 141 Å². The number of halogens is 3. The monoisotopic (exact) mass is 354 g/mol. The second kappa shape index (κ2) is 6.54. The predicted octanol–water partition coefficient (Wildman–Crippen LogP) is 4.61. The third kappa shape index (κ3) is 3.55. The van der Waals surface area contributed by atoms with Crippen molar-refractivity contribution < 1.29 is 27.1 Å². The number of hydrogen-bond acceptors (Lipinski definition) is 4. The molecule has 0 aliphatic heterocycles. The maximum Gasteiger partial charge on any atom is 0.417 e. The number of benzene rings is 1. The first-order valence-electron chi connectivity index (χ1n) is 8.13. The Morgan fingerprint density at radius 1 is 1.20 bits per heavy atom. The Bertz CT molecular complexity index is 861. The lowest BCUT2D eigenvalue weighted by atomic mass is 9.89. The van der Waals surface area contributed by atoms with Crippen molar-refractivity contribution in [2.24, 2.45) is 5.92 Å². The molecule has 1 aromatic carbocycles. The lowest BCUT2D eigenvalue weighted by molar-refractivity contribution is -0.140. The van der Waals surface area contributed by atoms with Crippen LogP contribution in [-0.4, -0.2) is 5.97 Å². The van der Waals surface area contributed by atoms with Crippen molar-refractivity contribution in [2.45, 2.75) is 45.2 Å². The van der Waals surface area contributed by atoms with Crippen LogP contribution in [0.3, 0.4) is 0 Å². The van der Waals surface area contributed by atoms with E-state index in [2.05, 4.69) is 0 Å². The van der Waals surface area contributed by atoms with Crippen LogP contribution in [-0.2, 0) is 11.0 Å². The molecular formula is C18H17F3O4. The van der Waals surface area contributed by atoms with Gasteiger partial charge in [0.1, 0.15) is 11.3 Å². The number of esters is 1. The van der Waals surface area contributed by atoms with E-state index < -0.39 is 23.3 Å². The lowest BCUT2D eigenvalue weighted by Gasteiger charge is -2.20. The molecule has 0 atom stereocenters. The van der Waals surface area contributed by atoms with Gasteiger partial charge in [0.15, 0.2) is 0 Å². The average molecular weight is 354 g/mol. The molecule has 1 aromatic heterocycles. The Balaban J connectivity index is 2.00. The van der Waals surface area contributed by atoms with E-state index in [1.165, 1.54) is 13.0 Å². The molecular weight excluding hydrogens is 337 g/mol. The molecule has 0 bridgehead atoms. The number of fused-ring (bicyclic) bond motifs is 1. The van der Waals surface area contributed by atoms with Crippen LogP contribution in [0.4, 0.5) is 13.2 Å². The number of carbonyl (C=O) groups is 1. The van der Waals surface area contributed by atoms with Crippen molar-refractivity contribution in [3.63, 3.8) is 0 Å². The highest BCUT2D eigenvalue weighted by atomic mass is 19.4. The molecule has 0 radical (unpaired) electrons. The van der Waals surface area contributed by atoms with Crippen molar-refractivity contribution in [2.75, 3.05) is 0 Å². The number of aryl methyl sites for hydroxylation is 1. The summed E-state index contributed by atoms with van der Waals surface area (Å²) in [6.45, 7) is 1.47. The van der Waals surface area contributed by atoms with Crippen LogP contribution in [0, 0.1) is 12.8 Å². The molecule has 1 fully saturated rings. The summed E-state index contributed by atoms with van der Waals surface area (Å²) in [6.07, 6.45) is -0.177. The summed E-state index contributed by atoms with van der Waals surface area (Å²) in [7, 11) is 0. The van der Waals surface area contributed by atoms with E-state index in [-0.39, 0.29) is 28.2 Å². The second-order valence-corrected chi connectivity index (χ2v) is 6.30. The molecule has 2 aromatic rings. The summed E-state index contributed by atoms with van der Waals surface area (Å²) < 4.78 is 49.7. The minimum absolute atomic E-state index is 0.116. The summed E-state index contributed by atoms with van der Waals surface area (Å²) in [6, 6.07) is 2.90. The third-order valence-electron chi connectivity index (χ3n) is 4.57. The van der Waals surface area contributed by atoms with Gasteiger partial charge in [-0.15, -0.1) is 0 Å². The van der Waals surface area contributed by atoms with Gasteiger partial charge in [0.25, 0.3) is 0 Å². The molecule has 0 unspecified atom stereocenters. The molecule has 7 heteroatoms. The molecule has 1 aliphatic rings. The molecule has 25 heavy (non-hydrogen) atoms. The molecule has 3 rings (SSSR count). The molecule has 0 amide bonds. The van der Waals surface area contributed by atoms with Gasteiger partial charge in [0.2, 0.25) is 0 Å². The minimum atomic E-state index is -4.68. The summed E-state index contributed by atoms with van der Waals surface area (Å²) in [5, 5.41) is -0.234. The lowest BCUT2D eigenvalue weighted by Crippen LogP contribution is -2.23. The van der Waals surface area contributed by atoms with E-state index in [9.17, 15) is 22.8 Å². The smallest absolute Gasteiger partial charge is 0.417 e. The molecule has 134 valence electrons. The van der Waals surface area contributed by atoms with Crippen LogP contribution in [0.1, 0.15) is 43.2 Å². The van der Waals surface area contributed by atoms with E-state index in [0.717, 1.165) is 38.2 Å². The predicted molar refractivity (Wildman–Crippen MR) is 84.4 cm³/mol. The minimum Gasteiger partial charge on any atom is -0.426 e. The van der Waals surface area contributed by atoms with E-state index in [0.29, 0.717) is 6.07 Å². The first-order valence-corrected chi connectivity index (χ1v) is 8.13. The van der Waals surface area contributed by atoms with Crippen LogP contribution < -0.4 is 10.4 Å². The van der Waals surface area contributed by atoms with E-state index in [4.69, 9.17) is 9.15 Å².